The molecule has 0 atom stereocenters. The predicted molar refractivity (Wildman–Crippen MR) is 130 cm³/mol. The van der Waals surface area contributed by atoms with Crippen LogP contribution in [-0.4, -0.2) is 44.9 Å². The molecule has 172 valence electrons. The second-order valence-electron chi connectivity index (χ2n) is 7.89. The number of benzene rings is 3. The Hall–Kier alpha value is -2.65. The molecular formula is C25H26N2O4S2. The number of rotatable bonds is 6. The zero-order valence-corrected chi connectivity index (χ0v) is 20.2. The monoisotopic (exact) mass is 482 g/mol. The van der Waals surface area contributed by atoms with Crippen molar-refractivity contribution in [2.24, 2.45) is 0 Å². The van der Waals surface area contributed by atoms with Gasteiger partial charge in [0.05, 0.1) is 18.1 Å². The number of nitrogens with zero attached hydrogens (tertiary/aromatic N) is 1. The average Bonchev–Trinajstić information content (AvgIpc) is 2.82. The summed E-state index contributed by atoms with van der Waals surface area (Å²) in [6, 6.07) is 20.1. The van der Waals surface area contributed by atoms with Gasteiger partial charge < -0.3 is 10.1 Å². The summed E-state index contributed by atoms with van der Waals surface area (Å²) in [5.41, 5.74) is 3.39. The number of carbonyl (C=O) groups excluding carboxylic acids is 1. The minimum atomic E-state index is -3.66. The van der Waals surface area contributed by atoms with E-state index in [0.29, 0.717) is 32.0 Å². The molecule has 0 aliphatic carbocycles. The quantitative estimate of drug-likeness (QED) is 0.550. The molecule has 3 aromatic rings. The largest absolute Gasteiger partial charge is 0.379 e. The topological polar surface area (TPSA) is 75.7 Å². The highest BCUT2D eigenvalue weighted by molar-refractivity contribution is 7.99. The Labute approximate surface area is 199 Å². The fourth-order valence-corrected chi connectivity index (χ4v) is 5.92. The van der Waals surface area contributed by atoms with E-state index in [0.717, 1.165) is 4.90 Å². The average molecular weight is 483 g/mol. The maximum absolute atomic E-state index is 12.9. The van der Waals surface area contributed by atoms with Crippen LogP contribution in [0.5, 0.6) is 0 Å². The molecule has 0 saturated carbocycles. The molecule has 1 amide bonds. The van der Waals surface area contributed by atoms with E-state index in [9.17, 15) is 13.2 Å². The Morgan fingerprint density at radius 3 is 2.39 bits per heavy atom. The van der Waals surface area contributed by atoms with Gasteiger partial charge >= 0.3 is 0 Å². The van der Waals surface area contributed by atoms with Crippen LogP contribution in [0.3, 0.4) is 0 Å². The zero-order valence-electron chi connectivity index (χ0n) is 18.6. The van der Waals surface area contributed by atoms with Gasteiger partial charge in [0.15, 0.2) is 0 Å². The van der Waals surface area contributed by atoms with Crippen LogP contribution in [-0.2, 0) is 14.8 Å². The highest BCUT2D eigenvalue weighted by Crippen LogP contribution is 2.31. The van der Waals surface area contributed by atoms with Crippen molar-refractivity contribution in [2.75, 3.05) is 31.6 Å². The number of anilines is 1. The first-order valence-electron chi connectivity index (χ1n) is 10.7. The van der Waals surface area contributed by atoms with E-state index in [1.54, 1.807) is 23.9 Å². The van der Waals surface area contributed by atoms with Gasteiger partial charge in [0, 0.05) is 34.1 Å². The molecule has 0 spiro atoms. The van der Waals surface area contributed by atoms with Gasteiger partial charge in [-0.1, -0.05) is 35.5 Å². The van der Waals surface area contributed by atoms with Gasteiger partial charge in [-0.25, -0.2) is 8.42 Å². The van der Waals surface area contributed by atoms with Crippen molar-refractivity contribution in [3.63, 3.8) is 0 Å². The number of carbonyl (C=O) groups is 1. The number of hydrogen-bond acceptors (Lipinski definition) is 5. The van der Waals surface area contributed by atoms with Gasteiger partial charge in [0.2, 0.25) is 10.0 Å². The minimum Gasteiger partial charge on any atom is -0.379 e. The second-order valence-corrected chi connectivity index (χ2v) is 10.9. The fraction of sp³-hybridized carbons (Fsp3) is 0.240. The second kappa shape index (κ2) is 10.1. The van der Waals surface area contributed by atoms with Crippen LogP contribution in [0.15, 0.2) is 81.4 Å². The molecule has 1 fully saturated rings. The summed E-state index contributed by atoms with van der Waals surface area (Å²) in [6.07, 6.45) is 0. The maximum Gasteiger partial charge on any atom is 0.255 e. The molecule has 33 heavy (non-hydrogen) atoms. The van der Waals surface area contributed by atoms with Crippen LogP contribution >= 0.6 is 11.8 Å². The number of hydrogen-bond donors (Lipinski definition) is 1. The fourth-order valence-electron chi connectivity index (χ4n) is 3.58. The highest BCUT2D eigenvalue weighted by atomic mass is 32.2. The van der Waals surface area contributed by atoms with Gasteiger partial charge in [0.1, 0.15) is 0 Å². The van der Waals surface area contributed by atoms with Crippen molar-refractivity contribution in [3.8, 4) is 0 Å². The molecule has 1 saturated heterocycles. The van der Waals surface area contributed by atoms with Crippen LogP contribution in [0.2, 0.25) is 0 Å². The molecule has 0 bridgehead atoms. The number of aryl methyl sites for hydroxylation is 2. The lowest BCUT2D eigenvalue weighted by atomic mass is 10.2. The molecule has 8 heteroatoms. The Kier molecular flexibility index (Phi) is 7.19. The zero-order chi connectivity index (χ0) is 23.4. The third-order valence-corrected chi connectivity index (χ3v) is 8.45. The third kappa shape index (κ3) is 5.65. The Morgan fingerprint density at radius 1 is 0.970 bits per heavy atom. The third-order valence-electron chi connectivity index (χ3n) is 5.37. The van der Waals surface area contributed by atoms with Crippen molar-refractivity contribution in [3.05, 3.63) is 83.4 Å². The van der Waals surface area contributed by atoms with Gasteiger partial charge in [-0.15, -0.1) is 0 Å². The van der Waals surface area contributed by atoms with Crippen LogP contribution in [0, 0.1) is 13.8 Å². The van der Waals surface area contributed by atoms with Crippen molar-refractivity contribution < 1.29 is 17.9 Å². The highest BCUT2D eigenvalue weighted by Gasteiger charge is 2.26. The lowest BCUT2D eigenvalue weighted by molar-refractivity contribution is 0.0730. The van der Waals surface area contributed by atoms with E-state index in [2.05, 4.69) is 37.4 Å². The molecule has 0 unspecified atom stereocenters. The van der Waals surface area contributed by atoms with Gasteiger partial charge in [-0.3, -0.25) is 4.79 Å². The van der Waals surface area contributed by atoms with E-state index in [1.807, 2.05) is 24.3 Å². The van der Waals surface area contributed by atoms with Crippen molar-refractivity contribution in [1.82, 2.24) is 4.31 Å². The van der Waals surface area contributed by atoms with Crippen molar-refractivity contribution in [2.45, 2.75) is 28.5 Å². The standard InChI is InChI=1S/C25H26N2O4S2/c1-18-6-11-24(19(2)16-18)32-22-9-7-21(8-10-22)26-25(28)20-4-3-5-23(17-20)33(29,30)27-12-14-31-15-13-27/h3-11,16-17H,12-15H2,1-2H3,(H,26,28). The molecule has 1 aliphatic heterocycles. The molecule has 1 N–H and O–H groups in total. The number of nitrogens with one attached hydrogen (secondary N) is 1. The van der Waals surface area contributed by atoms with Crippen molar-refractivity contribution in [1.29, 1.82) is 0 Å². The number of morpholine rings is 1. The van der Waals surface area contributed by atoms with E-state index in [-0.39, 0.29) is 16.4 Å². The van der Waals surface area contributed by atoms with E-state index in [1.165, 1.54) is 32.5 Å². The predicted octanol–water partition coefficient (Wildman–Crippen LogP) is 4.73. The van der Waals surface area contributed by atoms with Crippen LogP contribution in [0.25, 0.3) is 0 Å². The SMILES string of the molecule is Cc1ccc(Sc2ccc(NC(=O)c3cccc(S(=O)(=O)N4CCOCC4)c3)cc2)c(C)c1. The van der Waals surface area contributed by atoms with Gasteiger partial charge in [0.25, 0.3) is 5.91 Å². The van der Waals surface area contributed by atoms with Gasteiger partial charge in [-0.2, -0.15) is 4.31 Å². The number of ether oxygens (including phenoxy) is 1. The summed E-state index contributed by atoms with van der Waals surface area (Å²) >= 11 is 1.67. The first kappa shape index (κ1) is 23.5. The van der Waals surface area contributed by atoms with Crippen LogP contribution < -0.4 is 5.32 Å². The molecule has 6 nitrogen and oxygen atoms in total. The molecule has 0 aromatic heterocycles. The first-order valence-corrected chi connectivity index (χ1v) is 12.9. The molecular weight excluding hydrogens is 456 g/mol. The lowest BCUT2D eigenvalue weighted by Gasteiger charge is -2.26. The van der Waals surface area contributed by atoms with Crippen LogP contribution in [0.1, 0.15) is 21.5 Å². The van der Waals surface area contributed by atoms with Crippen molar-refractivity contribution >= 4 is 33.4 Å². The summed E-state index contributed by atoms with van der Waals surface area (Å²) < 4.78 is 32.4. The molecule has 1 aliphatic rings. The normalized spacial score (nSPS) is 14.7. The number of amides is 1. The smallest absolute Gasteiger partial charge is 0.255 e. The first-order chi connectivity index (χ1) is 15.8. The molecule has 0 radical (unpaired) electrons. The molecule has 3 aromatic carbocycles. The van der Waals surface area contributed by atoms with E-state index < -0.39 is 10.0 Å². The summed E-state index contributed by atoms with van der Waals surface area (Å²) in [6.45, 7) is 5.54. The Morgan fingerprint density at radius 2 is 1.70 bits per heavy atom. The lowest BCUT2D eigenvalue weighted by Crippen LogP contribution is -2.40. The summed E-state index contributed by atoms with van der Waals surface area (Å²) in [5.74, 6) is -0.358. The summed E-state index contributed by atoms with van der Waals surface area (Å²) in [7, 11) is -3.66. The number of sulfonamides is 1. The Bertz CT molecular complexity index is 1250. The molecule has 4 rings (SSSR count). The van der Waals surface area contributed by atoms with Gasteiger partial charge in [-0.05, 0) is 67.9 Å². The summed E-state index contributed by atoms with van der Waals surface area (Å²) in [5, 5.41) is 2.85. The summed E-state index contributed by atoms with van der Waals surface area (Å²) in [4.78, 5) is 15.1. The van der Waals surface area contributed by atoms with E-state index >= 15 is 0 Å². The Balaban J connectivity index is 1.44. The maximum atomic E-state index is 12.9. The minimum absolute atomic E-state index is 0.109. The van der Waals surface area contributed by atoms with Crippen LogP contribution in [0.4, 0.5) is 5.69 Å². The molecule has 1 heterocycles. The van der Waals surface area contributed by atoms with E-state index in [4.69, 9.17) is 4.74 Å².